The highest BCUT2D eigenvalue weighted by molar-refractivity contribution is 6.30. The molecule has 30 heavy (non-hydrogen) atoms. The molecule has 1 N–H and O–H groups in total. The van der Waals surface area contributed by atoms with E-state index in [1.165, 1.54) is 7.11 Å². The molecule has 152 valence electrons. The summed E-state index contributed by atoms with van der Waals surface area (Å²) in [6.45, 7) is 0.158. The van der Waals surface area contributed by atoms with Gasteiger partial charge in [-0.25, -0.2) is 0 Å². The monoisotopic (exact) mass is 423 g/mol. The molecule has 0 saturated carbocycles. The molecule has 4 rings (SSSR count). The minimum Gasteiger partial charge on any atom is -0.493 e. The lowest BCUT2D eigenvalue weighted by Gasteiger charge is -2.09. The van der Waals surface area contributed by atoms with E-state index in [4.69, 9.17) is 21.1 Å². The molecule has 0 bridgehead atoms. The number of halogens is 1. The molecule has 0 unspecified atom stereocenters. The summed E-state index contributed by atoms with van der Waals surface area (Å²) < 4.78 is 12.1. The SMILES string of the molecule is COc1ccc(C(=O)NCc2nnc3ccc(-c4ccc(Cl)cc4)nn23)cc1OC. The van der Waals surface area contributed by atoms with Crippen molar-refractivity contribution in [3.05, 3.63) is 71.0 Å². The van der Waals surface area contributed by atoms with E-state index in [1.54, 1.807) is 42.0 Å². The summed E-state index contributed by atoms with van der Waals surface area (Å²) in [4.78, 5) is 12.6. The molecule has 4 aromatic rings. The van der Waals surface area contributed by atoms with Crippen LogP contribution >= 0.6 is 11.6 Å². The number of nitrogens with zero attached hydrogens (tertiary/aromatic N) is 4. The van der Waals surface area contributed by atoms with Gasteiger partial charge in [-0.1, -0.05) is 23.7 Å². The molecule has 0 radical (unpaired) electrons. The highest BCUT2D eigenvalue weighted by Gasteiger charge is 2.13. The highest BCUT2D eigenvalue weighted by atomic mass is 35.5. The number of methoxy groups -OCH3 is 2. The second kappa shape index (κ2) is 8.38. The van der Waals surface area contributed by atoms with Gasteiger partial charge in [-0.2, -0.15) is 9.61 Å². The zero-order valence-corrected chi connectivity index (χ0v) is 17.1. The van der Waals surface area contributed by atoms with E-state index in [9.17, 15) is 4.79 Å². The second-order valence-electron chi connectivity index (χ2n) is 6.36. The molecule has 0 atom stereocenters. The van der Waals surface area contributed by atoms with Crippen LogP contribution in [-0.4, -0.2) is 39.9 Å². The van der Waals surface area contributed by atoms with Crippen LogP contribution in [0.1, 0.15) is 16.2 Å². The van der Waals surface area contributed by atoms with Crippen LogP contribution in [-0.2, 0) is 6.54 Å². The van der Waals surface area contributed by atoms with E-state index >= 15 is 0 Å². The first-order valence-electron chi connectivity index (χ1n) is 9.06. The van der Waals surface area contributed by atoms with Gasteiger partial charge in [0, 0.05) is 16.1 Å². The van der Waals surface area contributed by atoms with E-state index in [0.717, 1.165) is 11.3 Å². The topological polar surface area (TPSA) is 90.6 Å². The smallest absolute Gasteiger partial charge is 0.251 e. The number of nitrogens with one attached hydrogen (secondary N) is 1. The molecule has 0 aliphatic heterocycles. The Balaban J connectivity index is 1.54. The number of ether oxygens (including phenoxy) is 2. The number of carbonyl (C=O) groups excluding carboxylic acids is 1. The Bertz CT molecular complexity index is 1210. The Morgan fingerprint density at radius 3 is 2.50 bits per heavy atom. The zero-order chi connectivity index (χ0) is 21.1. The zero-order valence-electron chi connectivity index (χ0n) is 16.3. The van der Waals surface area contributed by atoms with Crippen LogP contribution in [0, 0.1) is 0 Å². The molecule has 9 heteroatoms. The van der Waals surface area contributed by atoms with Crippen LogP contribution in [0.15, 0.2) is 54.6 Å². The first kappa shape index (κ1) is 19.7. The van der Waals surface area contributed by atoms with E-state index in [-0.39, 0.29) is 12.5 Å². The molecule has 2 heterocycles. The van der Waals surface area contributed by atoms with Crippen LogP contribution in [0.2, 0.25) is 5.02 Å². The summed E-state index contributed by atoms with van der Waals surface area (Å²) in [5, 5.41) is 16.3. The maximum Gasteiger partial charge on any atom is 0.251 e. The van der Waals surface area contributed by atoms with Crippen LogP contribution < -0.4 is 14.8 Å². The van der Waals surface area contributed by atoms with Gasteiger partial charge in [0.15, 0.2) is 23.0 Å². The molecule has 0 spiro atoms. The predicted molar refractivity (Wildman–Crippen MR) is 112 cm³/mol. The van der Waals surface area contributed by atoms with Gasteiger partial charge in [-0.05, 0) is 42.5 Å². The van der Waals surface area contributed by atoms with Gasteiger partial charge < -0.3 is 14.8 Å². The fraction of sp³-hybridized carbons (Fsp3) is 0.143. The number of rotatable bonds is 6. The Labute approximate surface area is 177 Å². The quantitative estimate of drug-likeness (QED) is 0.511. The summed E-state index contributed by atoms with van der Waals surface area (Å²) in [7, 11) is 3.06. The maximum atomic E-state index is 12.6. The lowest BCUT2D eigenvalue weighted by Crippen LogP contribution is -2.24. The molecule has 0 fully saturated rings. The van der Waals surface area contributed by atoms with Gasteiger partial charge in [0.2, 0.25) is 0 Å². The van der Waals surface area contributed by atoms with Crippen molar-refractivity contribution in [1.29, 1.82) is 0 Å². The van der Waals surface area contributed by atoms with E-state index in [1.807, 2.05) is 24.3 Å². The van der Waals surface area contributed by atoms with Gasteiger partial charge in [0.25, 0.3) is 5.91 Å². The molecule has 0 aliphatic carbocycles. The number of amides is 1. The first-order valence-corrected chi connectivity index (χ1v) is 9.44. The molecule has 2 aromatic heterocycles. The molecule has 0 aliphatic rings. The van der Waals surface area contributed by atoms with Gasteiger partial charge in [-0.3, -0.25) is 4.79 Å². The number of hydrogen-bond acceptors (Lipinski definition) is 6. The van der Waals surface area contributed by atoms with Crippen LogP contribution in [0.5, 0.6) is 11.5 Å². The van der Waals surface area contributed by atoms with Crippen LogP contribution in [0.3, 0.4) is 0 Å². The van der Waals surface area contributed by atoms with E-state index < -0.39 is 0 Å². The number of aromatic nitrogens is 4. The number of hydrogen-bond donors (Lipinski definition) is 1. The highest BCUT2D eigenvalue weighted by Crippen LogP contribution is 2.27. The third kappa shape index (κ3) is 3.90. The Kier molecular flexibility index (Phi) is 5.49. The predicted octanol–water partition coefficient (Wildman–Crippen LogP) is 3.39. The number of benzene rings is 2. The van der Waals surface area contributed by atoms with E-state index in [0.29, 0.717) is 33.6 Å². The van der Waals surface area contributed by atoms with Crippen molar-refractivity contribution < 1.29 is 14.3 Å². The molecule has 8 nitrogen and oxygen atoms in total. The van der Waals surface area contributed by atoms with Crippen molar-refractivity contribution >= 4 is 23.2 Å². The van der Waals surface area contributed by atoms with Crippen LogP contribution in [0.4, 0.5) is 0 Å². The second-order valence-corrected chi connectivity index (χ2v) is 6.80. The standard InChI is InChI=1S/C21H18ClN5O3/c1-29-17-9-5-14(11-18(17)30-2)21(28)23-12-20-25-24-19-10-8-16(26-27(19)20)13-3-6-15(22)7-4-13/h3-11H,12H2,1-2H3,(H,23,28). The third-order valence-corrected chi connectivity index (χ3v) is 4.77. The average molecular weight is 424 g/mol. The van der Waals surface area contributed by atoms with Crippen LogP contribution in [0.25, 0.3) is 16.9 Å². The molecular weight excluding hydrogens is 406 g/mol. The fourth-order valence-electron chi connectivity index (χ4n) is 2.96. The fourth-order valence-corrected chi connectivity index (χ4v) is 3.08. The lowest BCUT2D eigenvalue weighted by molar-refractivity contribution is 0.0949. The van der Waals surface area contributed by atoms with Crippen molar-refractivity contribution in [1.82, 2.24) is 25.1 Å². The minimum atomic E-state index is -0.276. The summed E-state index contributed by atoms with van der Waals surface area (Å²) in [6, 6.07) is 16.0. The van der Waals surface area contributed by atoms with Crippen molar-refractivity contribution in [3.63, 3.8) is 0 Å². The van der Waals surface area contributed by atoms with Crippen molar-refractivity contribution in [3.8, 4) is 22.8 Å². The normalized spacial score (nSPS) is 10.8. The van der Waals surface area contributed by atoms with Gasteiger partial charge in [0.05, 0.1) is 26.5 Å². The summed E-state index contributed by atoms with van der Waals surface area (Å²) in [5.74, 6) is 1.26. The van der Waals surface area contributed by atoms with Crippen molar-refractivity contribution in [2.24, 2.45) is 0 Å². The third-order valence-electron chi connectivity index (χ3n) is 4.52. The minimum absolute atomic E-state index is 0.158. The summed E-state index contributed by atoms with van der Waals surface area (Å²) in [6.07, 6.45) is 0. The number of fused-ring (bicyclic) bond motifs is 1. The summed E-state index contributed by atoms with van der Waals surface area (Å²) in [5.41, 5.74) is 2.68. The van der Waals surface area contributed by atoms with Gasteiger partial charge >= 0.3 is 0 Å². The maximum absolute atomic E-state index is 12.6. The average Bonchev–Trinajstić information content (AvgIpc) is 3.19. The number of carbonyl (C=O) groups is 1. The largest absolute Gasteiger partial charge is 0.493 e. The molecule has 1 amide bonds. The van der Waals surface area contributed by atoms with Gasteiger partial charge in [0.1, 0.15) is 0 Å². The van der Waals surface area contributed by atoms with Crippen molar-refractivity contribution in [2.45, 2.75) is 6.54 Å². The Morgan fingerprint density at radius 2 is 1.77 bits per heavy atom. The van der Waals surface area contributed by atoms with Gasteiger partial charge in [-0.15, -0.1) is 10.2 Å². The molecule has 0 saturated heterocycles. The molecular formula is C21H18ClN5O3. The first-order chi connectivity index (χ1) is 14.6. The summed E-state index contributed by atoms with van der Waals surface area (Å²) >= 11 is 5.96. The lowest BCUT2D eigenvalue weighted by atomic mass is 10.1. The Hall–Kier alpha value is -3.65. The van der Waals surface area contributed by atoms with E-state index in [2.05, 4.69) is 20.6 Å². The molecule has 2 aromatic carbocycles. The Morgan fingerprint density at radius 1 is 1.00 bits per heavy atom. The van der Waals surface area contributed by atoms with Crippen molar-refractivity contribution in [2.75, 3.05) is 14.2 Å².